The number of hydrogen-bond donors (Lipinski definition) is 0. The molecule has 0 unspecified atom stereocenters. The molecule has 1 aliphatic rings. The number of hydrogen-bond acceptors (Lipinski definition) is 3. The third kappa shape index (κ3) is 1.69. The summed E-state index contributed by atoms with van der Waals surface area (Å²) < 4.78 is 10.6. The van der Waals surface area contributed by atoms with Gasteiger partial charge in [0.25, 0.3) is 0 Å². The third-order valence-electron chi connectivity index (χ3n) is 2.51. The number of fused-ring (bicyclic) bond motifs is 1. The Balaban J connectivity index is 2.55. The van der Waals surface area contributed by atoms with Crippen LogP contribution in [0, 0.1) is 6.92 Å². The van der Waals surface area contributed by atoms with Crippen LogP contribution < -0.4 is 9.47 Å². The van der Waals surface area contributed by atoms with Crippen LogP contribution >= 0.6 is 0 Å². The lowest BCUT2D eigenvalue weighted by Gasteiger charge is -2.22. The van der Waals surface area contributed by atoms with E-state index in [1.807, 2.05) is 19.1 Å². The van der Waals surface area contributed by atoms with Crippen molar-refractivity contribution in [2.45, 2.75) is 26.7 Å². The number of carbonyl (C=O) groups excluding carboxylic acids is 1. The van der Waals surface area contributed by atoms with Crippen LogP contribution in [0.2, 0.25) is 0 Å². The maximum absolute atomic E-state index is 11.1. The molecule has 0 saturated heterocycles. The highest BCUT2D eigenvalue weighted by Gasteiger charge is 2.24. The first-order chi connectivity index (χ1) is 7.09. The zero-order valence-corrected chi connectivity index (χ0v) is 9.16. The minimum absolute atomic E-state index is 0.0101. The fraction of sp³-hybridized carbons (Fsp3) is 0.417. The fourth-order valence-electron chi connectivity index (χ4n) is 1.68. The van der Waals surface area contributed by atoms with Crippen LogP contribution in [-0.2, 0) is 4.79 Å². The van der Waals surface area contributed by atoms with Gasteiger partial charge in [-0.15, -0.1) is 0 Å². The number of rotatable bonds is 1. The fourth-order valence-corrected chi connectivity index (χ4v) is 1.68. The summed E-state index contributed by atoms with van der Waals surface area (Å²) in [6, 6.07) is 3.98. The summed E-state index contributed by atoms with van der Waals surface area (Å²) in [5.41, 5.74) is 2.02. The van der Waals surface area contributed by atoms with Gasteiger partial charge >= 0.3 is 5.97 Å². The quantitative estimate of drug-likeness (QED) is 0.523. The first-order valence-electron chi connectivity index (χ1n) is 5.06. The lowest BCUT2D eigenvalue weighted by molar-refractivity contribution is -0.138. The molecule has 1 heterocycles. The minimum Gasteiger partial charge on any atom is -0.478 e. The van der Waals surface area contributed by atoms with Crippen LogP contribution in [-0.4, -0.2) is 12.6 Å². The van der Waals surface area contributed by atoms with Crippen LogP contribution in [0.25, 0.3) is 0 Å². The van der Waals surface area contributed by atoms with Crippen molar-refractivity contribution in [2.75, 3.05) is 6.61 Å². The number of aryl methyl sites for hydroxylation is 1. The van der Waals surface area contributed by atoms with E-state index in [-0.39, 0.29) is 12.6 Å². The highest BCUT2D eigenvalue weighted by molar-refractivity contribution is 5.78. The van der Waals surface area contributed by atoms with E-state index in [4.69, 9.17) is 9.47 Å². The summed E-state index contributed by atoms with van der Waals surface area (Å²) in [4.78, 5) is 11.1. The van der Waals surface area contributed by atoms with Crippen LogP contribution in [0.5, 0.6) is 11.5 Å². The van der Waals surface area contributed by atoms with Gasteiger partial charge < -0.3 is 9.47 Å². The summed E-state index contributed by atoms with van der Waals surface area (Å²) in [7, 11) is 0. The molecule has 1 aromatic rings. The lowest BCUT2D eigenvalue weighted by atomic mass is 9.99. The Hall–Kier alpha value is -1.51. The van der Waals surface area contributed by atoms with E-state index < -0.39 is 0 Å². The Morgan fingerprint density at radius 3 is 2.67 bits per heavy atom. The van der Waals surface area contributed by atoms with Crippen LogP contribution in [0.15, 0.2) is 12.1 Å². The third-order valence-corrected chi connectivity index (χ3v) is 2.51. The SMILES string of the molecule is Cc1ccc(C(C)C)c2c1OC(=O)CO2. The summed E-state index contributed by atoms with van der Waals surface area (Å²) in [6.07, 6.45) is 0. The summed E-state index contributed by atoms with van der Waals surface area (Å²) in [6.45, 7) is 6.09. The van der Waals surface area contributed by atoms with Crippen molar-refractivity contribution in [3.63, 3.8) is 0 Å². The molecule has 0 bridgehead atoms. The maximum Gasteiger partial charge on any atom is 0.349 e. The van der Waals surface area contributed by atoms with E-state index in [0.717, 1.165) is 16.9 Å². The monoisotopic (exact) mass is 206 g/mol. The molecule has 0 saturated carbocycles. The van der Waals surface area contributed by atoms with Crippen LogP contribution in [0.3, 0.4) is 0 Å². The highest BCUT2D eigenvalue weighted by atomic mass is 16.6. The molecule has 0 aromatic heterocycles. The second-order valence-corrected chi connectivity index (χ2v) is 4.05. The molecule has 0 fully saturated rings. The van der Waals surface area contributed by atoms with Gasteiger partial charge in [-0.3, -0.25) is 0 Å². The van der Waals surface area contributed by atoms with Crippen molar-refractivity contribution in [2.24, 2.45) is 0 Å². The molecule has 0 radical (unpaired) electrons. The Bertz CT molecular complexity index is 408. The summed E-state index contributed by atoms with van der Waals surface area (Å²) >= 11 is 0. The average Bonchev–Trinajstić information content (AvgIpc) is 2.19. The smallest absolute Gasteiger partial charge is 0.349 e. The Morgan fingerprint density at radius 2 is 2.00 bits per heavy atom. The van der Waals surface area contributed by atoms with Gasteiger partial charge in [0.05, 0.1) is 0 Å². The zero-order valence-electron chi connectivity index (χ0n) is 9.16. The van der Waals surface area contributed by atoms with E-state index in [9.17, 15) is 4.79 Å². The number of esters is 1. The van der Waals surface area contributed by atoms with Gasteiger partial charge in [0.1, 0.15) is 0 Å². The Morgan fingerprint density at radius 1 is 1.27 bits per heavy atom. The molecule has 80 valence electrons. The van der Waals surface area contributed by atoms with E-state index >= 15 is 0 Å². The molecule has 0 aliphatic carbocycles. The second kappa shape index (κ2) is 3.57. The van der Waals surface area contributed by atoms with Gasteiger partial charge in [0.15, 0.2) is 18.1 Å². The molecule has 1 aliphatic heterocycles. The predicted molar refractivity (Wildman–Crippen MR) is 56.4 cm³/mol. The first-order valence-corrected chi connectivity index (χ1v) is 5.06. The highest BCUT2D eigenvalue weighted by Crippen LogP contribution is 2.40. The molecular weight excluding hydrogens is 192 g/mol. The summed E-state index contributed by atoms with van der Waals surface area (Å²) in [5.74, 6) is 1.34. The molecule has 15 heavy (non-hydrogen) atoms. The molecule has 0 spiro atoms. The molecule has 1 aromatic carbocycles. The van der Waals surface area contributed by atoms with E-state index in [2.05, 4.69) is 13.8 Å². The molecule has 2 rings (SSSR count). The lowest BCUT2D eigenvalue weighted by Crippen LogP contribution is -2.24. The summed E-state index contributed by atoms with van der Waals surface area (Å²) in [5, 5.41) is 0. The molecule has 3 heteroatoms. The largest absolute Gasteiger partial charge is 0.478 e. The van der Waals surface area contributed by atoms with Gasteiger partial charge in [0, 0.05) is 5.56 Å². The maximum atomic E-state index is 11.1. The average molecular weight is 206 g/mol. The van der Waals surface area contributed by atoms with Gasteiger partial charge in [-0.05, 0) is 18.4 Å². The van der Waals surface area contributed by atoms with Gasteiger partial charge in [-0.2, -0.15) is 0 Å². The molecule has 0 amide bonds. The molecular formula is C12H14O3. The van der Waals surface area contributed by atoms with Crippen molar-refractivity contribution >= 4 is 5.97 Å². The molecule has 0 atom stereocenters. The van der Waals surface area contributed by atoms with E-state index in [0.29, 0.717) is 11.7 Å². The van der Waals surface area contributed by atoms with E-state index in [1.54, 1.807) is 0 Å². The van der Waals surface area contributed by atoms with Crippen molar-refractivity contribution < 1.29 is 14.3 Å². The van der Waals surface area contributed by atoms with Crippen molar-refractivity contribution in [3.05, 3.63) is 23.3 Å². The number of ether oxygens (including phenoxy) is 2. The normalized spacial score (nSPS) is 14.5. The standard InChI is InChI=1S/C12H14O3/c1-7(2)9-5-4-8(3)11-12(9)14-6-10(13)15-11/h4-5,7H,6H2,1-3H3. The minimum atomic E-state index is -0.327. The topological polar surface area (TPSA) is 35.5 Å². The number of carbonyl (C=O) groups is 1. The molecule has 0 N–H and O–H groups in total. The van der Waals surface area contributed by atoms with Crippen molar-refractivity contribution in [1.29, 1.82) is 0 Å². The Labute approximate surface area is 89.0 Å². The van der Waals surface area contributed by atoms with E-state index in [1.165, 1.54) is 0 Å². The van der Waals surface area contributed by atoms with Gasteiger partial charge in [0.2, 0.25) is 0 Å². The van der Waals surface area contributed by atoms with Gasteiger partial charge in [-0.1, -0.05) is 26.0 Å². The van der Waals surface area contributed by atoms with Crippen LogP contribution in [0.4, 0.5) is 0 Å². The van der Waals surface area contributed by atoms with Crippen LogP contribution in [0.1, 0.15) is 30.9 Å². The zero-order chi connectivity index (χ0) is 11.0. The van der Waals surface area contributed by atoms with Crippen molar-refractivity contribution in [3.8, 4) is 11.5 Å². The van der Waals surface area contributed by atoms with Gasteiger partial charge in [-0.25, -0.2) is 4.79 Å². The predicted octanol–water partition coefficient (Wildman–Crippen LogP) is 2.42. The van der Waals surface area contributed by atoms with Crippen molar-refractivity contribution in [1.82, 2.24) is 0 Å². The first kappa shape index (κ1) is 10.0. The number of benzene rings is 1. The molecule has 3 nitrogen and oxygen atoms in total. The Kier molecular flexibility index (Phi) is 2.39. The second-order valence-electron chi connectivity index (χ2n) is 4.05.